The molecule has 168 valence electrons. The molecule has 0 atom stereocenters. The topological polar surface area (TPSA) is 91.1 Å². The molecule has 31 heavy (non-hydrogen) atoms. The number of hydrogen-bond donors (Lipinski definition) is 3. The Hall–Kier alpha value is -2.64. The van der Waals surface area contributed by atoms with Crippen LogP contribution in [0.15, 0.2) is 46.0 Å². The van der Waals surface area contributed by atoms with Gasteiger partial charge >= 0.3 is 6.18 Å². The minimum atomic E-state index is -4.66. The van der Waals surface area contributed by atoms with Gasteiger partial charge in [-0.05, 0) is 36.8 Å². The molecule has 0 fully saturated rings. The maximum absolute atomic E-state index is 13.2. The molecule has 0 saturated heterocycles. The molecule has 12 heteroatoms. The Balaban J connectivity index is 0.00000341. The molecule has 0 aliphatic heterocycles. The van der Waals surface area contributed by atoms with E-state index in [2.05, 4.69) is 30.8 Å². The first-order valence-corrected chi connectivity index (χ1v) is 9.19. The number of aliphatic imine (C=N–C) groups is 1. The summed E-state index contributed by atoms with van der Waals surface area (Å²) < 4.78 is 57.8. The Morgan fingerprint density at radius 2 is 2.03 bits per heavy atom. The van der Waals surface area contributed by atoms with Gasteiger partial charge in [-0.2, -0.15) is 18.3 Å². The maximum Gasteiger partial charge on any atom is 0.416 e. The monoisotopic (exact) mass is 552 g/mol. The van der Waals surface area contributed by atoms with Crippen molar-refractivity contribution < 1.29 is 22.0 Å². The third-order valence-corrected chi connectivity index (χ3v) is 4.06. The Kier molecular flexibility index (Phi) is 8.83. The number of aromatic nitrogens is 3. The summed E-state index contributed by atoms with van der Waals surface area (Å²) in [7, 11) is 0. The Morgan fingerprint density at radius 1 is 1.23 bits per heavy atom. The molecule has 0 amide bonds. The van der Waals surface area contributed by atoms with Crippen LogP contribution in [-0.4, -0.2) is 34.2 Å². The molecule has 2 heterocycles. The average molecular weight is 552 g/mol. The summed E-state index contributed by atoms with van der Waals surface area (Å²) in [4.78, 5) is 8.49. The highest BCUT2D eigenvalue weighted by molar-refractivity contribution is 14.0. The van der Waals surface area contributed by atoms with Crippen molar-refractivity contribution in [2.75, 3.05) is 13.1 Å². The van der Waals surface area contributed by atoms with Gasteiger partial charge in [0.1, 0.15) is 11.6 Å². The van der Waals surface area contributed by atoms with E-state index in [0.717, 1.165) is 12.1 Å². The predicted octanol–water partition coefficient (Wildman–Crippen LogP) is 4.14. The number of H-pyrrole nitrogens is 1. The van der Waals surface area contributed by atoms with Gasteiger partial charge in [-0.1, -0.05) is 6.07 Å². The van der Waals surface area contributed by atoms with Crippen molar-refractivity contribution in [3.63, 3.8) is 0 Å². The lowest BCUT2D eigenvalue weighted by molar-refractivity contribution is -0.138. The third kappa shape index (κ3) is 6.94. The molecule has 0 bridgehead atoms. The fourth-order valence-corrected chi connectivity index (χ4v) is 2.68. The lowest BCUT2D eigenvalue weighted by Crippen LogP contribution is -2.38. The van der Waals surface area contributed by atoms with Gasteiger partial charge in [0.25, 0.3) is 0 Å². The van der Waals surface area contributed by atoms with Gasteiger partial charge in [0.05, 0.1) is 18.4 Å². The number of hydrogen-bond acceptors (Lipinski definition) is 4. The number of rotatable bonds is 7. The fourth-order valence-electron chi connectivity index (χ4n) is 2.68. The van der Waals surface area contributed by atoms with Crippen LogP contribution in [0.4, 0.5) is 17.6 Å². The Morgan fingerprint density at radius 3 is 2.71 bits per heavy atom. The van der Waals surface area contributed by atoms with Crippen LogP contribution in [0, 0.1) is 5.82 Å². The first-order chi connectivity index (χ1) is 14.4. The number of alkyl halides is 3. The molecule has 3 N–H and O–H groups in total. The highest BCUT2D eigenvalue weighted by Crippen LogP contribution is 2.32. The van der Waals surface area contributed by atoms with Gasteiger partial charge in [0.2, 0.25) is 5.82 Å². The van der Waals surface area contributed by atoms with Gasteiger partial charge < -0.3 is 15.1 Å². The molecule has 0 unspecified atom stereocenters. The van der Waals surface area contributed by atoms with E-state index in [0.29, 0.717) is 48.9 Å². The molecule has 0 aliphatic carbocycles. The van der Waals surface area contributed by atoms with Crippen molar-refractivity contribution >= 4 is 29.9 Å². The minimum Gasteiger partial charge on any atom is -0.461 e. The average Bonchev–Trinajstić information content (AvgIpc) is 3.38. The van der Waals surface area contributed by atoms with Gasteiger partial charge in [0.15, 0.2) is 11.7 Å². The van der Waals surface area contributed by atoms with Crippen molar-refractivity contribution in [3.8, 4) is 11.6 Å². The van der Waals surface area contributed by atoms with Crippen LogP contribution >= 0.6 is 24.0 Å². The highest BCUT2D eigenvalue weighted by Gasteiger charge is 2.33. The van der Waals surface area contributed by atoms with Crippen molar-refractivity contribution in [2.45, 2.75) is 26.1 Å². The number of halogens is 5. The van der Waals surface area contributed by atoms with E-state index >= 15 is 0 Å². The number of furan rings is 1. The summed E-state index contributed by atoms with van der Waals surface area (Å²) >= 11 is 0. The fraction of sp³-hybridized carbons (Fsp3) is 0.316. The molecule has 0 spiro atoms. The highest BCUT2D eigenvalue weighted by atomic mass is 127. The SMILES string of the molecule is CCNC(=NCc1ccc(F)cc1C(F)(F)F)NCCc1nc(-c2ccco2)n[nH]1.I. The van der Waals surface area contributed by atoms with Crippen LogP contribution in [-0.2, 0) is 19.1 Å². The summed E-state index contributed by atoms with van der Waals surface area (Å²) in [6.45, 7) is 2.51. The largest absolute Gasteiger partial charge is 0.461 e. The zero-order valence-corrected chi connectivity index (χ0v) is 18.8. The number of guanidine groups is 1. The minimum absolute atomic E-state index is 0. The Bertz CT molecular complexity index is 988. The van der Waals surface area contributed by atoms with Gasteiger partial charge in [0, 0.05) is 19.5 Å². The number of aromatic amines is 1. The first-order valence-electron chi connectivity index (χ1n) is 9.19. The summed E-state index contributed by atoms with van der Waals surface area (Å²) in [5.74, 6) is 0.983. The molecule has 3 aromatic rings. The van der Waals surface area contributed by atoms with E-state index in [1.165, 1.54) is 6.26 Å². The van der Waals surface area contributed by atoms with E-state index in [9.17, 15) is 17.6 Å². The van der Waals surface area contributed by atoms with E-state index in [1.807, 2.05) is 6.92 Å². The second-order valence-corrected chi connectivity index (χ2v) is 6.25. The molecule has 0 aliphatic rings. The van der Waals surface area contributed by atoms with Crippen LogP contribution in [0.3, 0.4) is 0 Å². The predicted molar refractivity (Wildman–Crippen MR) is 117 cm³/mol. The van der Waals surface area contributed by atoms with Crippen molar-refractivity contribution in [3.05, 3.63) is 59.4 Å². The van der Waals surface area contributed by atoms with Crippen molar-refractivity contribution in [2.24, 2.45) is 4.99 Å². The van der Waals surface area contributed by atoms with Crippen LogP contribution in [0.2, 0.25) is 0 Å². The van der Waals surface area contributed by atoms with Gasteiger partial charge in [-0.3, -0.25) is 5.10 Å². The van der Waals surface area contributed by atoms with Crippen molar-refractivity contribution in [1.29, 1.82) is 0 Å². The first kappa shape index (κ1) is 24.6. The molecule has 0 saturated carbocycles. The second kappa shape index (κ2) is 11.1. The summed E-state index contributed by atoms with van der Waals surface area (Å²) in [5.41, 5.74) is -1.14. The van der Waals surface area contributed by atoms with E-state index in [4.69, 9.17) is 4.42 Å². The van der Waals surface area contributed by atoms with Crippen LogP contribution < -0.4 is 10.6 Å². The van der Waals surface area contributed by atoms with Gasteiger partial charge in [-0.25, -0.2) is 14.4 Å². The lowest BCUT2D eigenvalue weighted by atomic mass is 10.1. The van der Waals surface area contributed by atoms with E-state index in [1.54, 1.807) is 12.1 Å². The lowest BCUT2D eigenvalue weighted by Gasteiger charge is -2.13. The van der Waals surface area contributed by atoms with Crippen LogP contribution in [0.5, 0.6) is 0 Å². The zero-order chi connectivity index (χ0) is 21.6. The smallest absolute Gasteiger partial charge is 0.416 e. The zero-order valence-electron chi connectivity index (χ0n) is 16.5. The quantitative estimate of drug-likeness (QED) is 0.178. The summed E-state index contributed by atoms with van der Waals surface area (Å²) in [6, 6.07) is 6.03. The van der Waals surface area contributed by atoms with Crippen LogP contribution in [0.25, 0.3) is 11.6 Å². The van der Waals surface area contributed by atoms with Crippen LogP contribution in [0.1, 0.15) is 23.9 Å². The molecular weight excluding hydrogens is 531 g/mol. The number of nitrogens with zero attached hydrogens (tertiary/aromatic N) is 3. The van der Waals surface area contributed by atoms with Gasteiger partial charge in [-0.15, -0.1) is 24.0 Å². The number of nitrogens with one attached hydrogen (secondary N) is 3. The summed E-state index contributed by atoms with van der Waals surface area (Å²) in [5, 5.41) is 12.9. The Labute approximate surface area is 192 Å². The normalized spacial score (nSPS) is 11.8. The molecule has 3 rings (SSSR count). The third-order valence-electron chi connectivity index (χ3n) is 4.06. The second-order valence-electron chi connectivity index (χ2n) is 6.25. The van der Waals surface area contributed by atoms with E-state index in [-0.39, 0.29) is 36.1 Å². The van der Waals surface area contributed by atoms with Crippen molar-refractivity contribution in [1.82, 2.24) is 25.8 Å². The molecular formula is C19H21F4IN6O. The molecule has 7 nitrogen and oxygen atoms in total. The molecule has 2 aromatic heterocycles. The maximum atomic E-state index is 13.2. The molecule has 1 aromatic carbocycles. The molecule has 0 radical (unpaired) electrons. The van der Waals surface area contributed by atoms with E-state index < -0.39 is 17.6 Å². The summed E-state index contributed by atoms with van der Waals surface area (Å²) in [6.07, 6.45) is -2.66. The number of benzene rings is 1. The standard InChI is InChI=1S/C19H20F4N6O.HI/c1-2-24-18(26-11-12-5-6-13(20)10-14(12)19(21,22)23)25-8-7-16-27-17(29-28-16)15-4-3-9-30-15;/h3-6,9-10H,2,7-8,11H2,1H3,(H2,24,25,26)(H,27,28,29);1H.